The zero-order valence-electron chi connectivity index (χ0n) is 30.4. The van der Waals surface area contributed by atoms with E-state index in [-0.39, 0.29) is 23.9 Å². The van der Waals surface area contributed by atoms with E-state index in [1.165, 1.54) is 6.92 Å². The third kappa shape index (κ3) is 17.4. The first kappa shape index (κ1) is 48.0. The van der Waals surface area contributed by atoms with Crippen LogP contribution in [-0.4, -0.2) is 150 Å². The Kier molecular flexibility index (Phi) is 22.3. The van der Waals surface area contributed by atoms with Crippen molar-refractivity contribution in [3.8, 4) is 0 Å². The van der Waals surface area contributed by atoms with E-state index in [0.29, 0.717) is 25.8 Å². The van der Waals surface area contributed by atoms with Crippen LogP contribution in [0, 0.1) is 5.92 Å². The van der Waals surface area contributed by atoms with Gasteiger partial charge in [0.15, 0.2) is 0 Å². The van der Waals surface area contributed by atoms with Gasteiger partial charge >= 0.3 is 323 Å². The van der Waals surface area contributed by atoms with E-state index in [9.17, 15) is 53.4 Å². The summed E-state index contributed by atoms with van der Waals surface area (Å²) in [6, 6.07) is -9.22. The first-order valence-corrected chi connectivity index (χ1v) is 21.5. The predicted octanol–water partition coefficient (Wildman–Crippen LogP) is -4.74. The number of nitrogens with two attached hydrogens (primary N) is 2. The number of carbonyl (C=O) groups excluding carboxylic acids is 7. The average Bonchev–Trinajstić information content (AvgIpc) is 3.12. The van der Waals surface area contributed by atoms with Crippen LogP contribution in [0.5, 0.6) is 0 Å². The molecular formula is C31H53N9O12SSe. The van der Waals surface area contributed by atoms with Crippen LogP contribution in [0.3, 0.4) is 0 Å². The Balaban J connectivity index is 3.34. The average molecular weight is 855 g/mol. The van der Waals surface area contributed by atoms with Crippen LogP contribution in [0.1, 0.15) is 59.3 Å². The van der Waals surface area contributed by atoms with Crippen molar-refractivity contribution in [2.24, 2.45) is 17.4 Å². The topological polar surface area (TPSA) is 351 Å². The molecule has 0 aromatic heterocycles. The van der Waals surface area contributed by atoms with Crippen molar-refractivity contribution in [2.45, 2.75) is 107 Å². The Labute approximate surface area is 322 Å². The molecule has 21 nitrogen and oxygen atoms in total. The van der Waals surface area contributed by atoms with Crippen molar-refractivity contribution in [1.29, 1.82) is 0 Å². The summed E-state index contributed by atoms with van der Waals surface area (Å²) in [5, 5.41) is 45.3. The summed E-state index contributed by atoms with van der Waals surface area (Å²) in [5.41, 5.74) is 11.7. The van der Waals surface area contributed by atoms with Crippen LogP contribution in [0.15, 0.2) is 0 Å². The molecule has 0 aromatic carbocycles. The molecule has 0 bridgehead atoms. The van der Waals surface area contributed by atoms with Crippen LogP contribution in [0.4, 0.5) is 0 Å². The van der Waals surface area contributed by atoms with Crippen LogP contribution >= 0.6 is 10.2 Å². The number of nitrogens with one attached hydrogen (secondary N) is 7. The van der Waals surface area contributed by atoms with E-state index < -0.39 is 135 Å². The summed E-state index contributed by atoms with van der Waals surface area (Å²) in [6.45, 7) is 3.41. The minimum atomic E-state index is -1.60. The van der Waals surface area contributed by atoms with Crippen molar-refractivity contribution < 1.29 is 58.5 Å². The van der Waals surface area contributed by atoms with Crippen LogP contribution < -0.4 is 48.7 Å². The van der Waals surface area contributed by atoms with E-state index in [0.717, 1.165) is 10.2 Å². The monoisotopic (exact) mass is 855 g/mol. The second-order valence-electron chi connectivity index (χ2n) is 12.5. The number of carboxylic acid groups (broad SMARTS) is 2. The number of carboxylic acids is 2. The molecule has 1 fully saturated rings. The van der Waals surface area contributed by atoms with E-state index in [2.05, 4.69) is 37.2 Å². The molecule has 1 heterocycles. The van der Waals surface area contributed by atoms with Gasteiger partial charge in [-0.3, -0.25) is 0 Å². The first-order valence-electron chi connectivity index (χ1n) is 17.3. The van der Waals surface area contributed by atoms with Crippen LogP contribution in [0.25, 0.3) is 0 Å². The summed E-state index contributed by atoms with van der Waals surface area (Å²) in [6.07, 6.45) is 0.542. The molecule has 54 heavy (non-hydrogen) atoms. The van der Waals surface area contributed by atoms with Gasteiger partial charge in [0, 0.05) is 0 Å². The molecule has 8 atom stereocenters. The number of amides is 7. The summed E-state index contributed by atoms with van der Waals surface area (Å²) in [5.74, 6) is -9.06. The quantitative estimate of drug-likeness (QED) is 0.0544. The fourth-order valence-corrected chi connectivity index (χ4v) is 8.71. The standard InChI is InChI=1S/C31H53N9O12SSe/c1-4-15(2)24(31(51)52)40-29(49)18(7-5-6-10-32)37-30(50)21-13-53-54-14-17(33)26(46)36-19(8-9-23(43)44)28(48)38-20(12-41)27(47)34-11-22(42)35-16(3)25(45)39-21/h15-21,24,41H,4-14,32-33H2,1-3H3,(H,34,47)(H,35,42)(H,36,46)(H,37,50)(H,38,48)(H,39,45)(H,40,49)(H,43,44)(H,51,52)/t15-,16-,17-,18-,19-,20-,21-,24-/m0/s1. The van der Waals surface area contributed by atoms with Crippen molar-refractivity contribution in [1.82, 2.24) is 37.2 Å². The Hall–Kier alpha value is -4.02. The summed E-state index contributed by atoms with van der Waals surface area (Å²) >= 11 is -0.525. The maximum atomic E-state index is 13.7. The van der Waals surface area contributed by atoms with Gasteiger partial charge < -0.3 is 0 Å². The van der Waals surface area contributed by atoms with Gasteiger partial charge in [0.1, 0.15) is 0 Å². The SMILES string of the molecule is CC[C@H](C)[C@H](NC(=O)[C@H](CCCCN)NC(=O)[C@@H]1CS[Se]C[C@H](N)C(=O)N[C@@H](CCC(=O)O)C(=O)N[C@@H](CO)C(=O)NCC(=O)N[C@@H](C)C(=O)N1)C(=O)O. The summed E-state index contributed by atoms with van der Waals surface area (Å²) in [4.78, 5) is 114. The molecule has 0 saturated carbocycles. The first-order chi connectivity index (χ1) is 25.4. The molecule has 1 rings (SSSR count). The number of carbonyl (C=O) groups is 9. The molecule has 1 aliphatic heterocycles. The second-order valence-corrected chi connectivity index (χ2v) is 17.0. The number of aliphatic carboxylic acids is 2. The van der Waals surface area contributed by atoms with Crippen molar-refractivity contribution in [3.05, 3.63) is 0 Å². The van der Waals surface area contributed by atoms with E-state index >= 15 is 0 Å². The molecule has 14 N–H and O–H groups in total. The fourth-order valence-electron chi connectivity index (χ4n) is 4.69. The molecule has 1 saturated heterocycles. The van der Waals surface area contributed by atoms with Gasteiger partial charge in [-0.1, -0.05) is 0 Å². The molecule has 7 amide bonds. The molecule has 0 radical (unpaired) electrons. The molecule has 1 aliphatic rings. The third-order valence-corrected chi connectivity index (χ3v) is 12.5. The van der Waals surface area contributed by atoms with Gasteiger partial charge in [-0.2, -0.15) is 0 Å². The summed E-state index contributed by atoms with van der Waals surface area (Å²) < 4.78 is 0. The zero-order chi connectivity index (χ0) is 41.0. The molecule has 0 unspecified atom stereocenters. The third-order valence-electron chi connectivity index (χ3n) is 8.18. The van der Waals surface area contributed by atoms with Crippen molar-refractivity contribution in [2.75, 3.05) is 25.4 Å². The molecule has 23 heteroatoms. The van der Waals surface area contributed by atoms with Crippen molar-refractivity contribution >= 4 is 77.3 Å². The van der Waals surface area contributed by atoms with E-state index in [1.54, 1.807) is 13.8 Å². The van der Waals surface area contributed by atoms with Crippen LogP contribution in [0.2, 0.25) is 5.32 Å². The zero-order valence-corrected chi connectivity index (χ0v) is 32.9. The molecule has 306 valence electrons. The summed E-state index contributed by atoms with van der Waals surface area (Å²) in [7, 11) is 1.16. The van der Waals surface area contributed by atoms with Gasteiger partial charge in [0.05, 0.1) is 0 Å². The maximum absolute atomic E-state index is 13.7. The van der Waals surface area contributed by atoms with Gasteiger partial charge in [-0.25, -0.2) is 0 Å². The van der Waals surface area contributed by atoms with Crippen molar-refractivity contribution in [3.63, 3.8) is 0 Å². The fraction of sp³-hybridized carbons (Fsp3) is 0.710. The Morgan fingerprint density at radius 2 is 1.61 bits per heavy atom. The Bertz CT molecular complexity index is 1350. The van der Waals surface area contributed by atoms with Gasteiger partial charge in [0.25, 0.3) is 0 Å². The molecule has 0 spiro atoms. The van der Waals surface area contributed by atoms with Gasteiger partial charge in [-0.15, -0.1) is 0 Å². The number of unbranched alkanes of at least 4 members (excludes halogenated alkanes) is 1. The number of aliphatic hydroxyl groups excluding tert-OH is 1. The number of hydrogen-bond donors (Lipinski definition) is 12. The number of hydrogen-bond acceptors (Lipinski definition) is 13. The van der Waals surface area contributed by atoms with E-state index in [1.807, 2.05) is 0 Å². The molecule has 0 aliphatic carbocycles. The van der Waals surface area contributed by atoms with Gasteiger partial charge in [-0.05, 0) is 0 Å². The Morgan fingerprint density at radius 1 is 0.944 bits per heavy atom. The predicted molar refractivity (Wildman–Crippen MR) is 195 cm³/mol. The molecule has 0 aromatic rings. The van der Waals surface area contributed by atoms with Gasteiger partial charge in [0.2, 0.25) is 0 Å². The molecular weight excluding hydrogens is 801 g/mol. The van der Waals surface area contributed by atoms with Crippen LogP contribution in [-0.2, 0) is 43.2 Å². The number of rotatable bonds is 15. The normalized spacial score (nSPS) is 24.2. The number of aliphatic hydroxyl groups is 1. The minimum absolute atomic E-state index is 0.0451. The van der Waals surface area contributed by atoms with E-state index in [4.69, 9.17) is 16.6 Å². The Morgan fingerprint density at radius 3 is 2.20 bits per heavy atom. The second kappa shape index (κ2) is 25.1.